The third-order valence-electron chi connectivity index (χ3n) is 7.12. The number of aryl methyl sites for hydroxylation is 1. The minimum absolute atomic E-state index is 0.261. The average molecular weight is 376 g/mol. The van der Waals surface area contributed by atoms with Gasteiger partial charge in [-0.05, 0) is 83.1 Å². The first-order chi connectivity index (χ1) is 12.4. The summed E-state index contributed by atoms with van der Waals surface area (Å²) in [4.78, 5) is 13.0. The molecule has 4 aliphatic carbocycles. The van der Waals surface area contributed by atoms with E-state index < -0.39 is 0 Å². The van der Waals surface area contributed by atoms with Gasteiger partial charge in [0.25, 0.3) is 0 Å². The van der Waals surface area contributed by atoms with E-state index in [2.05, 4.69) is 31.4 Å². The second-order valence-corrected chi connectivity index (χ2v) is 10.7. The average Bonchev–Trinajstić information content (AvgIpc) is 2.86. The summed E-state index contributed by atoms with van der Waals surface area (Å²) >= 11 is 2.00. The molecule has 1 atom stereocenters. The molecule has 4 aliphatic rings. The largest absolute Gasteiger partial charge is 0.383 e. The fourth-order valence-corrected chi connectivity index (χ4v) is 8.21. The molecule has 0 radical (unpaired) electrons. The molecule has 0 aliphatic heterocycles. The summed E-state index contributed by atoms with van der Waals surface area (Å²) in [7, 11) is 1.73. The third-order valence-corrected chi connectivity index (χ3v) is 8.64. The summed E-state index contributed by atoms with van der Waals surface area (Å²) in [5.41, 5.74) is 3.18. The zero-order chi connectivity index (χ0) is 18.5. The molecule has 1 heterocycles. The van der Waals surface area contributed by atoms with E-state index in [4.69, 9.17) is 4.74 Å². The Labute approximate surface area is 162 Å². The lowest BCUT2D eigenvalue weighted by molar-refractivity contribution is 0.0383. The molecule has 1 aromatic rings. The van der Waals surface area contributed by atoms with Gasteiger partial charge in [-0.25, -0.2) is 0 Å². The first kappa shape index (κ1) is 18.6. The van der Waals surface area contributed by atoms with Crippen molar-refractivity contribution in [2.75, 3.05) is 19.5 Å². The molecule has 4 fully saturated rings. The van der Waals surface area contributed by atoms with Crippen LogP contribution in [0.15, 0.2) is 6.07 Å². The zero-order valence-electron chi connectivity index (χ0n) is 16.7. The smallest absolute Gasteiger partial charge is 0.174 e. The first-order valence-electron chi connectivity index (χ1n) is 10.3. The van der Waals surface area contributed by atoms with Gasteiger partial charge in [0, 0.05) is 28.8 Å². The lowest BCUT2D eigenvalue weighted by Crippen LogP contribution is -2.48. The second-order valence-electron chi connectivity index (χ2n) is 9.27. The van der Waals surface area contributed by atoms with E-state index in [0.29, 0.717) is 22.9 Å². The van der Waals surface area contributed by atoms with Gasteiger partial charge in [0.05, 0.1) is 18.4 Å². The predicted octanol–water partition coefficient (Wildman–Crippen LogP) is 5.20. The van der Waals surface area contributed by atoms with Gasteiger partial charge in [0.2, 0.25) is 0 Å². The van der Waals surface area contributed by atoms with Crippen molar-refractivity contribution in [3.05, 3.63) is 23.0 Å². The molecule has 3 nitrogen and oxygen atoms in total. The minimum atomic E-state index is 0.261. The highest BCUT2D eigenvalue weighted by atomic mass is 32.2. The molecule has 0 saturated heterocycles. The van der Waals surface area contributed by atoms with Crippen LogP contribution in [-0.2, 0) is 4.74 Å². The van der Waals surface area contributed by atoms with Crippen LogP contribution in [0.4, 0.5) is 0 Å². The van der Waals surface area contributed by atoms with Crippen molar-refractivity contribution in [2.24, 2.45) is 17.8 Å². The summed E-state index contributed by atoms with van der Waals surface area (Å²) in [5, 5.41) is 0. The number of nitrogens with zero attached hydrogens (tertiary/aromatic N) is 1. The predicted molar refractivity (Wildman–Crippen MR) is 108 cm³/mol. The summed E-state index contributed by atoms with van der Waals surface area (Å²) in [6, 6.07) is 2.35. The lowest BCUT2D eigenvalue weighted by atomic mass is 9.56. The molecule has 26 heavy (non-hydrogen) atoms. The summed E-state index contributed by atoms with van der Waals surface area (Å²) < 4.78 is 7.99. The minimum Gasteiger partial charge on any atom is -0.383 e. The fourth-order valence-electron chi connectivity index (χ4n) is 6.56. The van der Waals surface area contributed by atoms with Crippen LogP contribution in [0.5, 0.6) is 0 Å². The molecule has 0 amide bonds. The molecule has 4 bridgehead atoms. The highest BCUT2D eigenvalue weighted by Crippen LogP contribution is 2.60. The highest BCUT2D eigenvalue weighted by Gasteiger charge is 2.51. The van der Waals surface area contributed by atoms with E-state index in [-0.39, 0.29) is 6.04 Å². The van der Waals surface area contributed by atoms with E-state index in [9.17, 15) is 4.79 Å². The van der Waals surface area contributed by atoms with Gasteiger partial charge in [-0.15, -0.1) is 11.8 Å². The molecular weight excluding hydrogens is 342 g/mol. The van der Waals surface area contributed by atoms with Crippen molar-refractivity contribution in [1.29, 1.82) is 0 Å². The number of carbonyl (C=O) groups is 1. The monoisotopic (exact) mass is 375 g/mol. The molecule has 0 unspecified atom stereocenters. The third kappa shape index (κ3) is 3.28. The van der Waals surface area contributed by atoms with Crippen LogP contribution in [0.1, 0.15) is 73.2 Å². The number of ether oxygens (including phenoxy) is 1. The summed E-state index contributed by atoms with van der Waals surface area (Å²) in [6.07, 6.45) is 8.48. The number of carbonyl (C=O) groups excluding carboxylic acids is 1. The van der Waals surface area contributed by atoms with E-state index in [1.54, 1.807) is 7.11 Å². The summed E-state index contributed by atoms with van der Waals surface area (Å²) in [5.74, 6) is 3.81. The number of thioether (sulfide) groups is 1. The number of Topliss-reactive ketones (excluding diaryl/α,β-unsaturated/α-hetero) is 1. The maximum absolute atomic E-state index is 13.0. The fraction of sp³-hybridized carbons (Fsp3) is 0.773. The number of methoxy groups -OCH3 is 1. The molecule has 4 heteroatoms. The Morgan fingerprint density at radius 1 is 1.23 bits per heavy atom. The van der Waals surface area contributed by atoms with Crippen LogP contribution in [0.25, 0.3) is 0 Å². The SMILES string of the molecule is COC[C@H](C)n1c(C)cc(C(=O)CSC23CC4CC(CC(C4)C2)C3)c1C. The van der Waals surface area contributed by atoms with Crippen molar-refractivity contribution in [1.82, 2.24) is 4.57 Å². The Balaban J connectivity index is 1.45. The quantitative estimate of drug-likeness (QED) is 0.614. The maximum Gasteiger partial charge on any atom is 0.174 e. The van der Waals surface area contributed by atoms with Crippen molar-refractivity contribution in [2.45, 2.75) is 70.1 Å². The first-order valence-corrected chi connectivity index (χ1v) is 11.2. The normalized spacial score (nSPS) is 33.6. The Morgan fingerprint density at radius 3 is 2.35 bits per heavy atom. The number of ketones is 1. The van der Waals surface area contributed by atoms with Crippen LogP contribution in [0.2, 0.25) is 0 Å². The van der Waals surface area contributed by atoms with Crippen molar-refractivity contribution >= 4 is 17.5 Å². The second kappa shape index (κ2) is 7.01. The molecule has 0 N–H and O–H groups in total. The Hall–Kier alpha value is -0.740. The maximum atomic E-state index is 13.0. The number of aromatic nitrogens is 1. The molecule has 0 aromatic carbocycles. The molecule has 144 valence electrons. The van der Waals surface area contributed by atoms with Gasteiger partial charge in [0.1, 0.15) is 0 Å². The molecule has 5 rings (SSSR count). The summed E-state index contributed by atoms with van der Waals surface area (Å²) in [6.45, 7) is 7.01. The number of hydrogen-bond acceptors (Lipinski definition) is 3. The van der Waals surface area contributed by atoms with Gasteiger partial charge < -0.3 is 9.30 Å². The highest BCUT2D eigenvalue weighted by molar-refractivity contribution is 8.01. The van der Waals surface area contributed by atoms with Gasteiger partial charge in [-0.3, -0.25) is 4.79 Å². The number of hydrogen-bond donors (Lipinski definition) is 0. The standard InChI is InChI=1S/C22H33NO2S/c1-14-5-20(16(3)23(14)15(2)12-25-4)21(24)13-26-22-9-17-6-18(10-22)8-19(7-17)11-22/h5,15,17-19H,6-13H2,1-4H3/t15-,17?,18?,19?,22?/m0/s1. The van der Waals surface area contributed by atoms with Gasteiger partial charge in [-0.1, -0.05) is 0 Å². The Kier molecular flexibility index (Phi) is 5.02. The topological polar surface area (TPSA) is 31.2 Å². The van der Waals surface area contributed by atoms with Crippen molar-refractivity contribution in [3.63, 3.8) is 0 Å². The van der Waals surface area contributed by atoms with E-state index in [1.165, 1.54) is 38.5 Å². The van der Waals surface area contributed by atoms with Gasteiger partial charge >= 0.3 is 0 Å². The van der Waals surface area contributed by atoms with Crippen LogP contribution in [-0.4, -0.2) is 34.6 Å². The Morgan fingerprint density at radius 2 is 1.81 bits per heavy atom. The van der Waals surface area contributed by atoms with Crippen LogP contribution in [0, 0.1) is 31.6 Å². The molecule has 1 aromatic heterocycles. The van der Waals surface area contributed by atoms with E-state index in [1.807, 2.05) is 11.8 Å². The lowest BCUT2D eigenvalue weighted by Gasteiger charge is -2.56. The zero-order valence-corrected chi connectivity index (χ0v) is 17.5. The van der Waals surface area contributed by atoms with Crippen LogP contribution >= 0.6 is 11.8 Å². The van der Waals surface area contributed by atoms with Crippen LogP contribution < -0.4 is 0 Å². The van der Waals surface area contributed by atoms with Crippen molar-refractivity contribution < 1.29 is 9.53 Å². The molecule has 4 saturated carbocycles. The Bertz CT molecular complexity index is 657. The van der Waals surface area contributed by atoms with Gasteiger partial charge in [-0.2, -0.15) is 0 Å². The molecule has 0 spiro atoms. The number of rotatable bonds is 7. The van der Waals surface area contributed by atoms with Gasteiger partial charge in [0.15, 0.2) is 5.78 Å². The van der Waals surface area contributed by atoms with E-state index in [0.717, 1.165) is 34.7 Å². The van der Waals surface area contributed by atoms with Crippen LogP contribution in [0.3, 0.4) is 0 Å². The van der Waals surface area contributed by atoms with Crippen molar-refractivity contribution in [3.8, 4) is 0 Å². The molecular formula is C22H33NO2S. The van der Waals surface area contributed by atoms with E-state index >= 15 is 0 Å².